The van der Waals surface area contributed by atoms with Gasteiger partial charge in [-0.15, -0.1) is 0 Å². The van der Waals surface area contributed by atoms with Gasteiger partial charge in [-0.1, -0.05) is 88.7 Å². The maximum atomic E-state index is 13.0. The molecule has 0 heterocycles. The molecule has 14 nitrogen and oxygen atoms in total. The van der Waals surface area contributed by atoms with E-state index in [0.29, 0.717) is 44.6 Å². The predicted octanol–water partition coefficient (Wildman–Crippen LogP) is 4.06. The number of benzene rings is 2. The molecule has 0 unspecified atom stereocenters. The van der Waals surface area contributed by atoms with Gasteiger partial charge in [0.25, 0.3) is 0 Å². The van der Waals surface area contributed by atoms with Gasteiger partial charge in [-0.2, -0.15) is 0 Å². The van der Waals surface area contributed by atoms with Gasteiger partial charge in [-0.05, 0) is 69.2 Å². The molecular weight excluding hydrogens is 697 g/mol. The Morgan fingerprint density at radius 1 is 0.686 bits per heavy atom. The van der Waals surface area contributed by atoms with E-state index in [9.17, 15) is 29.1 Å². The molecule has 0 aliphatic heterocycles. The summed E-state index contributed by atoms with van der Waals surface area (Å²) in [5.74, 6) is -0.393. The molecule has 10 N–H and O–H groups in total. The second-order valence-corrected chi connectivity index (χ2v) is 14.0. The van der Waals surface area contributed by atoms with Gasteiger partial charge in [-0.3, -0.25) is 9.59 Å². The number of ether oxygens (including phenoxy) is 2. The van der Waals surface area contributed by atoms with Gasteiger partial charge in [-0.25, -0.2) is 14.4 Å². The van der Waals surface area contributed by atoms with Crippen molar-refractivity contribution in [3.05, 3.63) is 71.8 Å². The molecule has 16 heteroatoms. The van der Waals surface area contributed by atoms with Crippen LogP contribution in [0.25, 0.3) is 0 Å². The maximum absolute atomic E-state index is 13.0. The Morgan fingerprint density at radius 2 is 1.27 bits per heavy atom. The summed E-state index contributed by atoms with van der Waals surface area (Å²) in [6.07, 6.45) is 4.31. The zero-order valence-corrected chi connectivity index (χ0v) is 30.7. The van der Waals surface area contributed by atoms with Crippen molar-refractivity contribution in [1.29, 1.82) is 0 Å². The van der Waals surface area contributed by atoms with Crippen LogP contribution in [0, 0.1) is 0 Å². The quantitative estimate of drug-likeness (QED) is 0.0562. The number of carbonyl (C=O) groups excluding carboxylic acids is 4. The molecule has 4 amide bonds. The van der Waals surface area contributed by atoms with Gasteiger partial charge in [0.2, 0.25) is 11.8 Å². The third kappa shape index (κ3) is 24.7. The lowest BCUT2D eigenvalue weighted by Crippen LogP contribution is -2.51. The van der Waals surface area contributed by atoms with Crippen LogP contribution < -0.4 is 33.2 Å². The molecule has 0 saturated carbocycles. The lowest BCUT2D eigenvalue weighted by molar-refractivity contribution is -0.142. The number of carbonyl (C=O) groups is 5. The second kappa shape index (κ2) is 29.7. The SMILES string of the molecule is NC(=O)OCc1ccccc1.NCCCCCNC(=O)CCCSSCC[C@H](NC(=O)OCc1ccccc1)C(=O)N[C@@H](CCCCN)C(=O)O. The summed E-state index contributed by atoms with van der Waals surface area (Å²) in [7, 11) is 3.11. The Hall–Kier alpha value is -3.99. The van der Waals surface area contributed by atoms with E-state index in [1.165, 1.54) is 10.8 Å². The van der Waals surface area contributed by atoms with Crippen LogP contribution in [-0.4, -0.2) is 78.3 Å². The Morgan fingerprint density at radius 3 is 1.86 bits per heavy atom. The molecule has 0 fully saturated rings. The van der Waals surface area contributed by atoms with Crippen LogP contribution in [-0.2, 0) is 37.1 Å². The fourth-order valence-electron chi connectivity index (χ4n) is 4.26. The standard InChI is InChI=1S/C27H45N5O6S2.C8H9NO2/c28-15-6-2-8-17-30-24(33)13-9-18-39-40-19-14-22(25(34)31-23(26(35)36)12-5-7-16-29)32-27(37)38-20-21-10-3-1-4-11-21;9-8(10)11-6-7-4-2-1-3-5-7/h1,3-4,10-11,22-23H,2,5-9,12-20,28-29H2,(H,30,33)(H,31,34)(H,32,37)(H,35,36);1-5H,6H2,(H2,9,10)/t22-,23-;/m0./s1. The van der Waals surface area contributed by atoms with E-state index in [4.69, 9.17) is 21.9 Å². The van der Waals surface area contributed by atoms with Crippen molar-refractivity contribution in [1.82, 2.24) is 16.0 Å². The lowest BCUT2D eigenvalue weighted by atomic mass is 10.1. The Bertz CT molecular complexity index is 1260. The third-order valence-corrected chi connectivity index (χ3v) is 9.54. The molecule has 2 atom stereocenters. The summed E-state index contributed by atoms with van der Waals surface area (Å²) in [5, 5.41) is 17.5. The number of hydrogen-bond acceptors (Lipinski definition) is 11. The zero-order chi connectivity index (χ0) is 37.5. The first-order chi connectivity index (χ1) is 24.7. The van der Waals surface area contributed by atoms with Crippen LogP contribution >= 0.6 is 21.6 Å². The molecule has 2 aromatic rings. The predicted molar refractivity (Wildman–Crippen MR) is 202 cm³/mol. The number of carboxylic acid groups (broad SMARTS) is 1. The first kappa shape index (κ1) is 45.0. The van der Waals surface area contributed by atoms with Crippen molar-refractivity contribution in [3.63, 3.8) is 0 Å². The molecule has 0 aliphatic carbocycles. The number of amides is 4. The first-order valence-corrected chi connectivity index (χ1v) is 19.5. The molecule has 2 aromatic carbocycles. The number of nitrogens with one attached hydrogen (secondary N) is 3. The van der Waals surface area contributed by atoms with Gasteiger partial charge in [0.1, 0.15) is 25.3 Å². The fourth-order valence-corrected chi connectivity index (χ4v) is 6.44. The van der Waals surface area contributed by atoms with Crippen molar-refractivity contribution in [2.24, 2.45) is 17.2 Å². The first-order valence-electron chi connectivity index (χ1n) is 17.0. The van der Waals surface area contributed by atoms with E-state index >= 15 is 0 Å². The molecule has 0 aliphatic rings. The minimum atomic E-state index is -1.14. The summed E-state index contributed by atoms with van der Waals surface area (Å²) in [6.45, 7) is 2.06. The maximum Gasteiger partial charge on any atom is 0.408 e. The highest BCUT2D eigenvalue weighted by molar-refractivity contribution is 8.76. The Kier molecular flexibility index (Phi) is 26.2. The molecule has 2 rings (SSSR count). The summed E-state index contributed by atoms with van der Waals surface area (Å²) in [6, 6.07) is 16.5. The van der Waals surface area contributed by atoms with E-state index in [0.717, 1.165) is 42.6 Å². The highest BCUT2D eigenvalue weighted by Crippen LogP contribution is 2.24. The van der Waals surface area contributed by atoms with Crippen LogP contribution in [0.15, 0.2) is 60.7 Å². The number of alkyl carbamates (subject to hydrolysis) is 1. The van der Waals surface area contributed by atoms with Crippen LogP contribution in [0.3, 0.4) is 0 Å². The van der Waals surface area contributed by atoms with Crippen LogP contribution in [0.4, 0.5) is 9.59 Å². The molecule has 0 spiro atoms. The Balaban J connectivity index is 0.000000997. The van der Waals surface area contributed by atoms with Gasteiger partial charge in [0, 0.05) is 24.5 Å². The Labute approximate surface area is 308 Å². The van der Waals surface area contributed by atoms with Crippen LogP contribution in [0.5, 0.6) is 0 Å². The molecule has 0 bridgehead atoms. The summed E-state index contributed by atoms with van der Waals surface area (Å²) < 4.78 is 9.82. The van der Waals surface area contributed by atoms with Crippen LogP contribution in [0.1, 0.15) is 68.9 Å². The molecule has 51 heavy (non-hydrogen) atoms. The average molecular weight is 751 g/mol. The largest absolute Gasteiger partial charge is 0.480 e. The number of rotatable bonds is 25. The van der Waals surface area contributed by atoms with E-state index in [1.54, 1.807) is 10.8 Å². The summed E-state index contributed by atoms with van der Waals surface area (Å²) in [4.78, 5) is 59.1. The van der Waals surface area contributed by atoms with E-state index in [-0.39, 0.29) is 32.0 Å². The normalized spacial score (nSPS) is 11.6. The number of carboxylic acids is 1. The van der Waals surface area contributed by atoms with Crippen molar-refractivity contribution < 1.29 is 38.6 Å². The minimum Gasteiger partial charge on any atom is -0.480 e. The second-order valence-electron chi connectivity index (χ2n) is 11.3. The molecule has 0 aromatic heterocycles. The molecular formula is C35H54N6O8S2. The van der Waals surface area contributed by atoms with Gasteiger partial charge in [0.05, 0.1) is 0 Å². The summed E-state index contributed by atoms with van der Waals surface area (Å²) >= 11 is 0. The van der Waals surface area contributed by atoms with E-state index in [1.807, 2.05) is 60.7 Å². The monoisotopic (exact) mass is 750 g/mol. The van der Waals surface area contributed by atoms with Crippen molar-refractivity contribution >= 4 is 51.6 Å². The number of nitrogens with two attached hydrogens (primary N) is 3. The van der Waals surface area contributed by atoms with Crippen molar-refractivity contribution in [2.75, 3.05) is 31.1 Å². The zero-order valence-electron chi connectivity index (χ0n) is 29.1. The van der Waals surface area contributed by atoms with Gasteiger partial charge >= 0.3 is 18.2 Å². The van der Waals surface area contributed by atoms with Crippen molar-refractivity contribution in [3.8, 4) is 0 Å². The number of primary amides is 1. The molecule has 0 radical (unpaired) electrons. The average Bonchev–Trinajstić information content (AvgIpc) is 3.12. The lowest BCUT2D eigenvalue weighted by Gasteiger charge is -2.21. The highest BCUT2D eigenvalue weighted by atomic mass is 33.1. The minimum absolute atomic E-state index is 0.0350. The van der Waals surface area contributed by atoms with Crippen LogP contribution in [0.2, 0.25) is 0 Å². The molecule has 0 saturated heterocycles. The highest BCUT2D eigenvalue weighted by Gasteiger charge is 2.26. The number of unbranched alkanes of at least 4 members (excludes halogenated alkanes) is 3. The topological polar surface area (TPSA) is 238 Å². The van der Waals surface area contributed by atoms with Gasteiger partial charge in [0.15, 0.2) is 0 Å². The smallest absolute Gasteiger partial charge is 0.408 e. The van der Waals surface area contributed by atoms with Gasteiger partial charge < -0.3 is 47.7 Å². The number of hydrogen-bond donors (Lipinski definition) is 7. The van der Waals surface area contributed by atoms with E-state index < -0.39 is 36.1 Å². The van der Waals surface area contributed by atoms with E-state index in [2.05, 4.69) is 20.7 Å². The number of aliphatic carboxylic acids is 1. The summed E-state index contributed by atoms with van der Waals surface area (Å²) in [5.41, 5.74) is 17.5. The fraction of sp³-hybridized carbons (Fsp3) is 0.514. The third-order valence-electron chi connectivity index (χ3n) is 7.01. The molecule has 284 valence electrons. The van der Waals surface area contributed by atoms with Crippen molar-refractivity contribution in [2.45, 2.75) is 83.1 Å².